The van der Waals surface area contributed by atoms with Gasteiger partial charge in [0.15, 0.2) is 0 Å². The number of carbonyl (C=O) groups excluding carboxylic acids is 1. The summed E-state index contributed by atoms with van der Waals surface area (Å²) >= 11 is -2.59. The lowest BCUT2D eigenvalue weighted by atomic mass is 10.6. The summed E-state index contributed by atoms with van der Waals surface area (Å²) in [6.07, 6.45) is 0.878. The van der Waals surface area contributed by atoms with Gasteiger partial charge in [0.2, 0.25) is 5.82 Å². The molecule has 0 aliphatic rings. The molecule has 1 heterocycles. The van der Waals surface area contributed by atoms with Crippen LogP contribution < -0.4 is 5.73 Å². The van der Waals surface area contributed by atoms with Crippen LogP contribution in [0, 0.1) is 0 Å². The van der Waals surface area contributed by atoms with E-state index < -0.39 is 23.0 Å². The normalized spacial score (nSPS) is 12.8. The summed E-state index contributed by atoms with van der Waals surface area (Å²) in [4.78, 5) is 10.4. The van der Waals surface area contributed by atoms with Crippen molar-refractivity contribution in [1.29, 1.82) is 0 Å². The van der Waals surface area contributed by atoms with Crippen molar-refractivity contribution in [2.24, 2.45) is 5.73 Å². The van der Waals surface area contributed by atoms with Gasteiger partial charge in [-0.15, -0.1) is 10.2 Å². The van der Waals surface area contributed by atoms with Crippen LogP contribution in [0.1, 0.15) is 10.6 Å². The number of amides is 1. The number of nitrogens with zero attached hydrogens (tertiary/aromatic N) is 3. The predicted octanol–water partition coefficient (Wildman–Crippen LogP) is -1.98. The van der Waals surface area contributed by atoms with Crippen LogP contribution in [0.5, 0.6) is 0 Å². The van der Waals surface area contributed by atoms with Gasteiger partial charge in [0.1, 0.15) is 6.33 Å². The minimum absolute atomic E-state index is 0.404. The van der Waals surface area contributed by atoms with Crippen LogP contribution in [0.15, 0.2) is 6.33 Å². The Morgan fingerprint density at radius 2 is 2.45 bits per heavy atom. The third-order valence-corrected chi connectivity index (χ3v) is 1.49. The topological polar surface area (TPSA) is 114 Å². The van der Waals surface area contributed by atoms with E-state index in [1.165, 1.54) is 0 Å². The fourth-order valence-corrected chi connectivity index (χ4v) is 0.880. The standard InChI is InChI=1S/C3H4N4O3S/c4-2(8)3-6-5-1-7(3)11(9)10/h1H,(H2,4,8)(H,9,10)/p-1. The Labute approximate surface area is 63.6 Å². The Morgan fingerprint density at radius 3 is 2.82 bits per heavy atom. The molecule has 0 radical (unpaired) electrons. The zero-order valence-electron chi connectivity index (χ0n) is 5.13. The lowest BCUT2D eigenvalue weighted by molar-refractivity contribution is 0.0989. The van der Waals surface area contributed by atoms with E-state index in [2.05, 4.69) is 10.2 Å². The van der Waals surface area contributed by atoms with Crippen LogP contribution >= 0.6 is 0 Å². The number of rotatable bonds is 2. The summed E-state index contributed by atoms with van der Waals surface area (Å²) in [6.45, 7) is 0. The van der Waals surface area contributed by atoms with Crippen LogP contribution in [0.3, 0.4) is 0 Å². The maximum atomic E-state index is 10.4. The average Bonchev–Trinajstić information content (AvgIpc) is 2.32. The fraction of sp³-hybridized carbons (Fsp3) is 0. The summed E-state index contributed by atoms with van der Waals surface area (Å²) in [6, 6.07) is 0. The number of nitrogens with two attached hydrogens (primary N) is 1. The van der Waals surface area contributed by atoms with Crippen LogP contribution in [-0.4, -0.2) is 28.8 Å². The third kappa shape index (κ3) is 1.41. The van der Waals surface area contributed by atoms with E-state index in [0.717, 1.165) is 6.33 Å². The van der Waals surface area contributed by atoms with Crippen LogP contribution in [0.2, 0.25) is 0 Å². The summed E-state index contributed by atoms with van der Waals surface area (Å²) in [5, 5.41) is 6.37. The quantitative estimate of drug-likeness (QED) is 0.523. The molecule has 0 saturated heterocycles. The van der Waals surface area contributed by atoms with Crippen molar-refractivity contribution in [3.63, 3.8) is 0 Å². The Balaban J connectivity index is 3.16. The van der Waals surface area contributed by atoms with Gasteiger partial charge in [0.25, 0.3) is 5.91 Å². The Kier molecular flexibility index (Phi) is 1.96. The average molecular weight is 175 g/mol. The Hall–Kier alpha value is -1.28. The number of carbonyl (C=O) groups is 1. The van der Waals surface area contributed by atoms with Crippen molar-refractivity contribution >= 4 is 17.2 Å². The molecule has 1 amide bonds. The molecule has 1 rings (SSSR count). The van der Waals surface area contributed by atoms with E-state index in [-0.39, 0.29) is 0 Å². The van der Waals surface area contributed by atoms with Gasteiger partial charge in [-0.1, -0.05) is 0 Å². The number of hydrogen-bond donors (Lipinski definition) is 1. The molecular formula is C3H3N4O3S-. The highest BCUT2D eigenvalue weighted by atomic mass is 32.2. The second kappa shape index (κ2) is 2.76. The Morgan fingerprint density at radius 1 is 1.82 bits per heavy atom. The van der Waals surface area contributed by atoms with Crippen molar-refractivity contribution in [2.75, 3.05) is 0 Å². The molecular weight excluding hydrogens is 172 g/mol. The minimum Gasteiger partial charge on any atom is -0.755 e. The Bertz CT molecular complexity index is 279. The molecule has 0 bridgehead atoms. The lowest BCUT2D eigenvalue weighted by Gasteiger charge is -2.04. The first-order chi connectivity index (χ1) is 5.13. The van der Waals surface area contributed by atoms with Gasteiger partial charge in [-0.05, 0) is 0 Å². The van der Waals surface area contributed by atoms with E-state index in [0.29, 0.717) is 3.97 Å². The van der Waals surface area contributed by atoms with Crippen molar-refractivity contribution < 1.29 is 13.6 Å². The van der Waals surface area contributed by atoms with Gasteiger partial charge in [-0.2, -0.15) is 0 Å². The van der Waals surface area contributed by atoms with E-state index in [4.69, 9.17) is 5.73 Å². The van der Waals surface area contributed by atoms with Crippen molar-refractivity contribution in [2.45, 2.75) is 0 Å². The molecule has 8 heteroatoms. The molecule has 60 valence electrons. The zero-order valence-corrected chi connectivity index (χ0v) is 5.95. The second-order valence-electron chi connectivity index (χ2n) is 1.56. The van der Waals surface area contributed by atoms with Crippen LogP contribution in [0.4, 0.5) is 0 Å². The first-order valence-corrected chi connectivity index (χ1v) is 3.45. The van der Waals surface area contributed by atoms with Crippen molar-refractivity contribution in [3.8, 4) is 0 Å². The van der Waals surface area contributed by atoms with Gasteiger partial charge in [0, 0.05) is 0 Å². The molecule has 1 unspecified atom stereocenters. The van der Waals surface area contributed by atoms with Gasteiger partial charge < -0.3 is 10.3 Å². The molecule has 0 spiro atoms. The SMILES string of the molecule is NC(=O)c1nncn1S(=O)[O-]. The first-order valence-electron chi connectivity index (χ1n) is 2.42. The number of aromatic nitrogens is 3. The van der Waals surface area contributed by atoms with E-state index in [1.54, 1.807) is 0 Å². The number of hydrogen-bond acceptors (Lipinski definition) is 5. The molecule has 11 heavy (non-hydrogen) atoms. The van der Waals surface area contributed by atoms with E-state index >= 15 is 0 Å². The maximum Gasteiger partial charge on any atom is 0.287 e. The highest BCUT2D eigenvalue weighted by Gasteiger charge is 2.09. The summed E-state index contributed by atoms with van der Waals surface area (Å²) in [7, 11) is 0. The summed E-state index contributed by atoms with van der Waals surface area (Å²) in [5.41, 5.74) is 4.76. The van der Waals surface area contributed by atoms with E-state index in [9.17, 15) is 13.6 Å². The molecule has 2 N–H and O–H groups in total. The highest BCUT2D eigenvalue weighted by molar-refractivity contribution is 7.77. The van der Waals surface area contributed by atoms with Gasteiger partial charge in [0.05, 0.1) is 11.3 Å². The molecule has 1 atom stereocenters. The molecule has 1 aromatic heterocycles. The molecule has 0 aliphatic carbocycles. The van der Waals surface area contributed by atoms with Gasteiger partial charge in [-0.3, -0.25) is 9.00 Å². The van der Waals surface area contributed by atoms with Crippen molar-refractivity contribution in [1.82, 2.24) is 14.2 Å². The maximum absolute atomic E-state index is 10.4. The molecule has 0 aliphatic heterocycles. The van der Waals surface area contributed by atoms with Crippen molar-refractivity contribution in [3.05, 3.63) is 12.2 Å². The number of primary amides is 1. The monoisotopic (exact) mass is 175 g/mol. The summed E-state index contributed by atoms with van der Waals surface area (Å²) in [5.74, 6) is -1.34. The molecule has 1 aromatic rings. The highest BCUT2D eigenvalue weighted by Crippen LogP contribution is 1.93. The zero-order chi connectivity index (χ0) is 8.43. The minimum atomic E-state index is -2.59. The fourth-order valence-electron chi connectivity index (χ4n) is 0.493. The molecule has 0 fully saturated rings. The molecule has 7 nitrogen and oxygen atoms in total. The lowest BCUT2D eigenvalue weighted by Crippen LogP contribution is -2.19. The smallest absolute Gasteiger partial charge is 0.287 e. The van der Waals surface area contributed by atoms with Gasteiger partial charge >= 0.3 is 0 Å². The van der Waals surface area contributed by atoms with Crippen LogP contribution in [-0.2, 0) is 11.3 Å². The van der Waals surface area contributed by atoms with Crippen LogP contribution in [0.25, 0.3) is 0 Å². The predicted molar refractivity (Wildman–Crippen MR) is 32.9 cm³/mol. The third-order valence-electron chi connectivity index (χ3n) is 0.899. The second-order valence-corrected chi connectivity index (χ2v) is 2.39. The largest absolute Gasteiger partial charge is 0.755 e. The van der Waals surface area contributed by atoms with E-state index in [1.807, 2.05) is 0 Å². The van der Waals surface area contributed by atoms with Gasteiger partial charge in [-0.25, -0.2) is 3.97 Å². The summed E-state index contributed by atoms with van der Waals surface area (Å²) < 4.78 is 21.1. The molecule has 0 aromatic carbocycles. The molecule has 0 saturated carbocycles. The first kappa shape index (κ1) is 7.82.